The van der Waals surface area contributed by atoms with E-state index in [0.29, 0.717) is 0 Å². The van der Waals surface area contributed by atoms with Gasteiger partial charge in [-0.1, -0.05) is 0 Å². The van der Waals surface area contributed by atoms with E-state index in [1.165, 1.54) is 15.4 Å². The van der Waals surface area contributed by atoms with Crippen molar-refractivity contribution >= 4 is 28.4 Å². The molecule has 1 aliphatic heterocycles. The van der Waals surface area contributed by atoms with Crippen LogP contribution in [0.2, 0.25) is 0 Å². The SMILES string of the molecule is CNC1Nc2ccsc2-c2scnc21. The van der Waals surface area contributed by atoms with Crippen LogP contribution in [0.3, 0.4) is 0 Å². The maximum absolute atomic E-state index is 4.39. The lowest BCUT2D eigenvalue weighted by Crippen LogP contribution is -2.27. The number of thiophene rings is 1. The van der Waals surface area contributed by atoms with Crippen LogP contribution in [-0.2, 0) is 0 Å². The summed E-state index contributed by atoms with van der Waals surface area (Å²) in [5.74, 6) is 0. The van der Waals surface area contributed by atoms with Gasteiger partial charge in [0.15, 0.2) is 0 Å². The van der Waals surface area contributed by atoms with Crippen molar-refractivity contribution in [3.63, 3.8) is 0 Å². The van der Waals surface area contributed by atoms with Gasteiger partial charge >= 0.3 is 0 Å². The van der Waals surface area contributed by atoms with Crippen LogP contribution < -0.4 is 10.6 Å². The molecule has 3 nitrogen and oxygen atoms in total. The van der Waals surface area contributed by atoms with E-state index in [1.54, 1.807) is 22.7 Å². The molecule has 0 aliphatic carbocycles. The van der Waals surface area contributed by atoms with Crippen LogP contribution in [0.1, 0.15) is 11.9 Å². The van der Waals surface area contributed by atoms with Gasteiger partial charge in [0.2, 0.25) is 0 Å². The fourth-order valence-electron chi connectivity index (χ4n) is 1.66. The minimum Gasteiger partial charge on any atom is -0.363 e. The normalized spacial score (nSPS) is 18.5. The fourth-order valence-corrected chi connectivity index (χ4v) is 3.54. The van der Waals surface area contributed by atoms with Crippen molar-refractivity contribution in [1.82, 2.24) is 10.3 Å². The van der Waals surface area contributed by atoms with Gasteiger partial charge in [0, 0.05) is 0 Å². The monoisotopic (exact) mass is 223 g/mol. The van der Waals surface area contributed by atoms with Crippen LogP contribution in [-0.4, -0.2) is 12.0 Å². The standard InChI is InChI=1S/C9H9N3S2/c1-10-9-6-8(14-4-11-6)7-5(12-9)2-3-13-7/h2-4,9-10,12H,1H3. The average molecular weight is 223 g/mol. The van der Waals surface area contributed by atoms with E-state index in [2.05, 4.69) is 27.1 Å². The number of hydrogen-bond acceptors (Lipinski definition) is 5. The highest BCUT2D eigenvalue weighted by Gasteiger charge is 2.26. The van der Waals surface area contributed by atoms with E-state index in [4.69, 9.17) is 0 Å². The molecule has 72 valence electrons. The van der Waals surface area contributed by atoms with Crippen molar-refractivity contribution in [2.75, 3.05) is 12.4 Å². The van der Waals surface area contributed by atoms with Crippen LogP contribution in [0.15, 0.2) is 17.0 Å². The predicted octanol–water partition coefficient (Wildman–Crippen LogP) is 2.52. The van der Waals surface area contributed by atoms with Gasteiger partial charge in [-0.2, -0.15) is 0 Å². The van der Waals surface area contributed by atoms with Gasteiger partial charge in [-0.05, 0) is 18.5 Å². The molecule has 0 amide bonds. The molecule has 2 aromatic rings. The molecule has 5 heteroatoms. The quantitative estimate of drug-likeness (QED) is 0.780. The van der Waals surface area contributed by atoms with Crippen molar-refractivity contribution in [1.29, 1.82) is 0 Å². The molecule has 1 atom stereocenters. The van der Waals surface area contributed by atoms with E-state index in [1.807, 2.05) is 12.6 Å². The first-order chi connectivity index (χ1) is 6.90. The van der Waals surface area contributed by atoms with Crippen LogP contribution >= 0.6 is 22.7 Å². The molecule has 2 N–H and O–H groups in total. The third-order valence-corrected chi connectivity index (χ3v) is 4.25. The highest BCUT2D eigenvalue weighted by atomic mass is 32.1. The Kier molecular flexibility index (Phi) is 1.83. The molecule has 1 aliphatic rings. The van der Waals surface area contributed by atoms with Crippen molar-refractivity contribution in [3.05, 3.63) is 22.7 Å². The van der Waals surface area contributed by atoms with E-state index < -0.39 is 0 Å². The molecular weight excluding hydrogens is 214 g/mol. The largest absolute Gasteiger partial charge is 0.363 e. The lowest BCUT2D eigenvalue weighted by Gasteiger charge is -2.23. The third kappa shape index (κ3) is 1.03. The maximum Gasteiger partial charge on any atom is 0.122 e. The van der Waals surface area contributed by atoms with Crippen LogP contribution in [0.25, 0.3) is 9.75 Å². The van der Waals surface area contributed by atoms with Gasteiger partial charge in [0.25, 0.3) is 0 Å². The second-order valence-electron chi connectivity index (χ2n) is 3.10. The molecule has 0 saturated carbocycles. The molecule has 2 aromatic heterocycles. The topological polar surface area (TPSA) is 37.0 Å². The third-order valence-electron chi connectivity index (χ3n) is 2.33. The summed E-state index contributed by atoms with van der Waals surface area (Å²) in [4.78, 5) is 7.00. The minimum atomic E-state index is 0.151. The Labute approximate surface area is 89.8 Å². The lowest BCUT2D eigenvalue weighted by atomic mass is 10.2. The average Bonchev–Trinajstić information content (AvgIpc) is 2.83. The minimum absolute atomic E-state index is 0.151. The summed E-state index contributed by atoms with van der Waals surface area (Å²) in [6.45, 7) is 0. The van der Waals surface area contributed by atoms with Crippen molar-refractivity contribution in [2.24, 2.45) is 0 Å². The molecule has 0 spiro atoms. The van der Waals surface area contributed by atoms with E-state index >= 15 is 0 Å². The van der Waals surface area contributed by atoms with Crippen LogP contribution in [0, 0.1) is 0 Å². The van der Waals surface area contributed by atoms with Gasteiger partial charge in [0.05, 0.1) is 26.6 Å². The number of anilines is 1. The molecular formula is C9H9N3S2. The van der Waals surface area contributed by atoms with Crippen molar-refractivity contribution in [2.45, 2.75) is 6.17 Å². The second-order valence-corrected chi connectivity index (χ2v) is 4.87. The molecule has 0 bridgehead atoms. The molecule has 3 rings (SSSR count). The number of nitrogens with zero attached hydrogens (tertiary/aromatic N) is 1. The summed E-state index contributed by atoms with van der Waals surface area (Å²) in [6.07, 6.45) is 0.151. The Morgan fingerprint density at radius 3 is 3.21 bits per heavy atom. The zero-order valence-electron chi connectivity index (χ0n) is 7.57. The molecule has 1 unspecified atom stereocenters. The highest BCUT2D eigenvalue weighted by molar-refractivity contribution is 7.20. The highest BCUT2D eigenvalue weighted by Crippen LogP contribution is 2.44. The Hall–Kier alpha value is -0.910. The summed E-state index contributed by atoms with van der Waals surface area (Å²) in [5.41, 5.74) is 4.24. The Morgan fingerprint density at radius 2 is 2.36 bits per heavy atom. The Bertz CT molecular complexity index is 460. The fraction of sp³-hybridized carbons (Fsp3) is 0.222. The summed E-state index contributed by atoms with van der Waals surface area (Å²) in [6, 6.07) is 2.12. The first kappa shape index (κ1) is 8.40. The Morgan fingerprint density at radius 1 is 1.43 bits per heavy atom. The molecule has 0 saturated heterocycles. The molecule has 0 fully saturated rings. The van der Waals surface area contributed by atoms with Gasteiger partial charge < -0.3 is 5.32 Å². The van der Waals surface area contributed by atoms with Gasteiger partial charge in [0.1, 0.15) is 6.17 Å². The van der Waals surface area contributed by atoms with Gasteiger partial charge in [-0.25, -0.2) is 4.98 Å². The maximum atomic E-state index is 4.39. The molecule has 14 heavy (non-hydrogen) atoms. The lowest BCUT2D eigenvalue weighted by molar-refractivity contribution is 0.649. The van der Waals surface area contributed by atoms with Gasteiger partial charge in [-0.3, -0.25) is 5.32 Å². The molecule has 3 heterocycles. The molecule has 0 aromatic carbocycles. The number of aromatic nitrogens is 1. The zero-order valence-corrected chi connectivity index (χ0v) is 9.21. The van der Waals surface area contributed by atoms with Gasteiger partial charge in [-0.15, -0.1) is 22.7 Å². The predicted molar refractivity (Wildman–Crippen MR) is 60.9 cm³/mol. The number of thiazole rings is 1. The van der Waals surface area contributed by atoms with E-state index in [9.17, 15) is 0 Å². The number of rotatable bonds is 1. The van der Waals surface area contributed by atoms with Crippen LogP contribution in [0.5, 0.6) is 0 Å². The van der Waals surface area contributed by atoms with Crippen LogP contribution in [0.4, 0.5) is 5.69 Å². The van der Waals surface area contributed by atoms with E-state index in [-0.39, 0.29) is 6.17 Å². The summed E-state index contributed by atoms with van der Waals surface area (Å²) < 4.78 is 0. The smallest absolute Gasteiger partial charge is 0.122 e. The zero-order chi connectivity index (χ0) is 9.54. The first-order valence-electron chi connectivity index (χ1n) is 4.35. The second kappa shape index (κ2) is 3.05. The Balaban J connectivity index is 2.22. The number of nitrogens with one attached hydrogen (secondary N) is 2. The van der Waals surface area contributed by atoms with E-state index in [0.717, 1.165) is 5.69 Å². The first-order valence-corrected chi connectivity index (χ1v) is 6.11. The van der Waals surface area contributed by atoms with Crippen molar-refractivity contribution < 1.29 is 0 Å². The summed E-state index contributed by atoms with van der Waals surface area (Å²) >= 11 is 3.48. The number of fused-ring (bicyclic) bond motifs is 3. The summed E-state index contributed by atoms with van der Waals surface area (Å²) in [7, 11) is 1.94. The molecule has 0 radical (unpaired) electrons. The number of hydrogen-bond donors (Lipinski definition) is 2. The summed E-state index contributed by atoms with van der Waals surface area (Å²) in [5, 5.41) is 8.74. The van der Waals surface area contributed by atoms with Crippen molar-refractivity contribution in [3.8, 4) is 9.75 Å².